The van der Waals surface area contributed by atoms with Gasteiger partial charge in [-0.15, -0.1) is 5.10 Å². The van der Waals surface area contributed by atoms with E-state index < -0.39 is 0 Å². The van der Waals surface area contributed by atoms with Crippen LogP contribution in [-0.4, -0.2) is 26.2 Å². The minimum atomic E-state index is 0.789. The lowest BCUT2D eigenvalue weighted by molar-refractivity contribution is 0.789. The van der Waals surface area contributed by atoms with Crippen LogP contribution in [0.15, 0.2) is 17.6 Å². The summed E-state index contributed by atoms with van der Waals surface area (Å²) in [6.07, 6.45) is 3.72. The Bertz CT molecular complexity index is 436. The van der Waals surface area contributed by atoms with Gasteiger partial charge in [-0.25, -0.2) is 4.98 Å². The van der Waals surface area contributed by atoms with Gasteiger partial charge in [0.1, 0.15) is 10.7 Å². The lowest BCUT2D eigenvalue weighted by Gasteiger charge is -2.00. The highest BCUT2D eigenvalue weighted by atomic mass is 32.2. The van der Waals surface area contributed by atoms with Gasteiger partial charge in [-0.1, -0.05) is 16.3 Å². The third kappa shape index (κ3) is 2.29. The number of aryl methyl sites for hydroxylation is 1. The second-order valence-corrected chi connectivity index (χ2v) is 4.60. The number of aromatic nitrogens is 4. The van der Waals surface area contributed by atoms with Crippen LogP contribution in [0.25, 0.3) is 0 Å². The summed E-state index contributed by atoms with van der Waals surface area (Å²) in [5.41, 5.74) is 0.982. The van der Waals surface area contributed by atoms with Crippen molar-refractivity contribution in [3.63, 3.8) is 0 Å². The van der Waals surface area contributed by atoms with Crippen molar-refractivity contribution in [2.45, 2.75) is 10.9 Å². The molecule has 0 unspecified atom stereocenters. The number of anilines is 1. The van der Waals surface area contributed by atoms with Crippen molar-refractivity contribution in [3.05, 3.63) is 18.1 Å². The number of nitrogens with one attached hydrogen (secondary N) is 1. The summed E-state index contributed by atoms with van der Waals surface area (Å²) in [5.74, 6) is 0.789. The van der Waals surface area contributed by atoms with E-state index in [0.717, 1.165) is 21.6 Å². The predicted octanol–water partition coefficient (Wildman–Crippen LogP) is 1.61. The molecule has 7 heteroatoms. The highest BCUT2D eigenvalue weighted by Gasteiger charge is 2.08. The van der Waals surface area contributed by atoms with Gasteiger partial charge < -0.3 is 9.88 Å². The molecule has 0 aromatic carbocycles. The molecule has 2 heterocycles. The molecular formula is C8H11N5S2. The molecule has 80 valence electrons. The summed E-state index contributed by atoms with van der Waals surface area (Å²) >= 11 is 3.04. The van der Waals surface area contributed by atoms with Crippen LogP contribution in [0, 0.1) is 0 Å². The van der Waals surface area contributed by atoms with E-state index in [1.807, 2.05) is 24.9 Å². The van der Waals surface area contributed by atoms with Crippen molar-refractivity contribution in [3.8, 4) is 0 Å². The van der Waals surface area contributed by atoms with Crippen molar-refractivity contribution >= 4 is 28.3 Å². The van der Waals surface area contributed by atoms with Crippen LogP contribution < -0.4 is 5.32 Å². The second kappa shape index (κ2) is 4.63. The van der Waals surface area contributed by atoms with E-state index in [1.54, 1.807) is 18.0 Å². The molecule has 1 N–H and O–H groups in total. The minimum absolute atomic E-state index is 0.789. The van der Waals surface area contributed by atoms with Gasteiger partial charge in [-0.2, -0.15) is 0 Å². The van der Waals surface area contributed by atoms with E-state index in [2.05, 4.69) is 19.9 Å². The second-order valence-electron chi connectivity index (χ2n) is 2.91. The number of thioether (sulfide) groups is 1. The Kier molecular flexibility index (Phi) is 3.22. The normalized spacial score (nSPS) is 10.5. The average Bonchev–Trinajstić information content (AvgIpc) is 2.83. The molecule has 0 fully saturated rings. The quantitative estimate of drug-likeness (QED) is 0.824. The molecule has 0 amide bonds. The molecule has 2 rings (SSSR count). The van der Waals surface area contributed by atoms with E-state index in [4.69, 9.17) is 0 Å². The van der Waals surface area contributed by atoms with Gasteiger partial charge in [0.2, 0.25) is 0 Å². The van der Waals surface area contributed by atoms with E-state index in [-0.39, 0.29) is 0 Å². The highest BCUT2D eigenvalue weighted by Crippen LogP contribution is 2.25. The maximum Gasteiger partial charge on any atom is 0.168 e. The third-order valence-electron chi connectivity index (χ3n) is 1.90. The maximum absolute atomic E-state index is 4.23. The standard InChI is InChI=1S/C8H11N5S2/c1-9-7-6(11-12-15-7)5-14-8-10-3-4-13(8)2/h3-4,9H,5H2,1-2H3. The molecule has 5 nitrogen and oxygen atoms in total. The fourth-order valence-electron chi connectivity index (χ4n) is 1.12. The van der Waals surface area contributed by atoms with E-state index >= 15 is 0 Å². The van der Waals surface area contributed by atoms with Crippen LogP contribution in [0.4, 0.5) is 5.00 Å². The van der Waals surface area contributed by atoms with Crippen molar-refractivity contribution < 1.29 is 0 Å². The van der Waals surface area contributed by atoms with Gasteiger partial charge in [0.05, 0.1) is 0 Å². The summed E-state index contributed by atoms with van der Waals surface area (Å²) < 4.78 is 5.89. The molecule has 0 saturated carbocycles. The molecule has 0 radical (unpaired) electrons. The van der Waals surface area contributed by atoms with Gasteiger partial charge in [0, 0.05) is 43.8 Å². The minimum Gasteiger partial charge on any atom is -0.377 e. The van der Waals surface area contributed by atoms with Gasteiger partial charge in [0.25, 0.3) is 0 Å². The van der Waals surface area contributed by atoms with Crippen LogP contribution in [0.3, 0.4) is 0 Å². The Balaban J connectivity index is 2.02. The number of nitrogens with zero attached hydrogens (tertiary/aromatic N) is 4. The topological polar surface area (TPSA) is 55.6 Å². The summed E-state index contributed by atoms with van der Waals surface area (Å²) in [4.78, 5) is 4.23. The zero-order chi connectivity index (χ0) is 10.7. The number of hydrogen-bond donors (Lipinski definition) is 1. The molecule has 2 aromatic rings. The van der Waals surface area contributed by atoms with Crippen molar-refractivity contribution in [2.24, 2.45) is 7.05 Å². The highest BCUT2D eigenvalue weighted by molar-refractivity contribution is 7.98. The van der Waals surface area contributed by atoms with E-state index in [1.165, 1.54) is 11.5 Å². The molecule has 0 aliphatic carbocycles. The molecule has 0 spiro atoms. The Morgan fingerprint density at radius 3 is 3.13 bits per heavy atom. The average molecular weight is 241 g/mol. The SMILES string of the molecule is CNc1snnc1CSc1nccn1C. The predicted molar refractivity (Wildman–Crippen MR) is 62.2 cm³/mol. The first kappa shape index (κ1) is 10.4. The molecule has 0 aliphatic rings. The molecule has 2 aromatic heterocycles. The number of rotatable bonds is 4. The molecular weight excluding hydrogens is 230 g/mol. The van der Waals surface area contributed by atoms with Crippen LogP contribution in [0.5, 0.6) is 0 Å². The Morgan fingerprint density at radius 1 is 1.60 bits per heavy atom. The summed E-state index contributed by atoms with van der Waals surface area (Å²) in [7, 11) is 3.86. The van der Waals surface area contributed by atoms with Crippen LogP contribution >= 0.6 is 23.3 Å². The van der Waals surface area contributed by atoms with Crippen LogP contribution in [-0.2, 0) is 12.8 Å². The molecule has 0 saturated heterocycles. The van der Waals surface area contributed by atoms with Gasteiger partial charge in [-0.3, -0.25) is 0 Å². The molecule has 0 aliphatic heterocycles. The maximum atomic E-state index is 4.23. The first-order chi connectivity index (χ1) is 7.31. The number of imidazole rings is 1. The van der Waals surface area contributed by atoms with Crippen molar-refractivity contribution in [1.82, 2.24) is 19.1 Å². The molecule has 0 atom stereocenters. The van der Waals surface area contributed by atoms with Crippen molar-refractivity contribution in [1.29, 1.82) is 0 Å². The van der Waals surface area contributed by atoms with Gasteiger partial charge >= 0.3 is 0 Å². The van der Waals surface area contributed by atoms with Crippen molar-refractivity contribution in [2.75, 3.05) is 12.4 Å². The monoisotopic (exact) mass is 241 g/mol. The number of hydrogen-bond acceptors (Lipinski definition) is 6. The third-order valence-corrected chi connectivity index (χ3v) is 3.75. The smallest absolute Gasteiger partial charge is 0.168 e. The summed E-state index contributed by atoms with van der Waals surface area (Å²) in [6.45, 7) is 0. The van der Waals surface area contributed by atoms with Gasteiger partial charge in [-0.05, 0) is 0 Å². The Morgan fingerprint density at radius 2 is 2.47 bits per heavy atom. The lowest BCUT2D eigenvalue weighted by atomic mass is 10.5. The molecule has 15 heavy (non-hydrogen) atoms. The Hall–Kier alpha value is -1.08. The Labute approximate surface area is 96.1 Å². The van der Waals surface area contributed by atoms with E-state index in [0.29, 0.717) is 0 Å². The fourth-order valence-corrected chi connectivity index (χ4v) is 2.61. The first-order valence-electron chi connectivity index (χ1n) is 4.40. The lowest BCUT2D eigenvalue weighted by Crippen LogP contribution is -1.93. The molecule has 0 bridgehead atoms. The fraction of sp³-hybridized carbons (Fsp3) is 0.375. The summed E-state index contributed by atoms with van der Waals surface area (Å²) in [6, 6.07) is 0. The van der Waals surface area contributed by atoms with E-state index in [9.17, 15) is 0 Å². The van der Waals surface area contributed by atoms with Crippen LogP contribution in [0.1, 0.15) is 5.69 Å². The van der Waals surface area contributed by atoms with Gasteiger partial charge in [0.15, 0.2) is 5.16 Å². The van der Waals surface area contributed by atoms with Crippen LogP contribution in [0.2, 0.25) is 0 Å². The first-order valence-corrected chi connectivity index (χ1v) is 6.16. The zero-order valence-electron chi connectivity index (χ0n) is 8.47. The summed E-state index contributed by atoms with van der Waals surface area (Å²) in [5, 5.41) is 9.15. The largest absolute Gasteiger partial charge is 0.377 e. The zero-order valence-corrected chi connectivity index (χ0v) is 10.1.